The van der Waals surface area contributed by atoms with Crippen molar-refractivity contribution in [3.63, 3.8) is 0 Å². The Balaban J connectivity index is 2.43. The van der Waals surface area contributed by atoms with Gasteiger partial charge in [0.2, 0.25) is 0 Å². The second-order valence-electron chi connectivity index (χ2n) is 5.69. The van der Waals surface area contributed by atoms with Crippen molar-refractivity contribution in [1.29, 1.82) is 0 Å². The van der Waals surface area contributed by atoms with Crippen LogP contribution in [0.5, 0.6) is 5.75 Å². The van der Waals surface area contributed by atoms with Gasteiger partial charge >= 0.3 is 0 Å². The summed E-state index contributed by atoms with van der Waals surface area (Å²) in [7, 11) is 0. The number of ether oxygens (including phenoxy) is 1. The minimum atomic E-state index is 0.381. The van der Waals surface area contributed by atoms with E-state index in [9.17, 15) is 0 Å². The number of hydrogen-bond acceptors (Lipinski definition) is 2. The van der Waals surface area contributed by atoms with Crippen LogP contribution in [0.15, 0.2) is 36.9 Å². The summed E-state index contributed by atoms with van der Waals surface area (Å²) in [5.74, 6) is 0.945. The quantitative estimate of drug-likeness (QED) is 0.585. The van der Waals surface area contributed by atoms with Gasteiger partial charge in [-0.3, -0.25) is 0 Å². The average molecular weight is 247 g/mol. The van der Waals surface area contributed by atoms with Gasteiger partial charge in [-0.25, -0.2) is 0 Å². The number of para-hydroxylation sites is 1. The molecule has 1 N–H and O–H groups in total. The van der Waals surface area contributed by atoms with Gasteiger partial charge in [0.1, 0.15) is 12.4 Å². The van der Waals surface area contributed by atoms with Gasteiger partial charge in [-0.1, -0.05) is 51.6 Å². The Kier molecular flexibility index (Phi) is 5.93. The van der Waals surface area contributed by atoms with E-state index in [0.29, 0.717) is 12.0 Å². The minimum Gasteiger partial charge on any atom is -0.489 e. The fourth-order valence-corrected chi connectivity index (χ4v) is 1.63. The van der Waals surface area contributed by atoms with Crippen molar-refractivity contribution in [3.8, 4) is 5.75 Å². The van der Waals surface area contributed by atoms with Crippen LogP contribution in [0, 0.1) is 5.41 Å². The van der Waals surface area contributed by atoms with E-state index < -0.39 is 0 Å². The first-order valence-electron chi connectivity index (χ1n) is 6.55. The third-order valence-electron chi connectivity index (χ3n) is 2.70. The van der Waals surface area contributed by atoms with Gasteiger partial charge < -0.3 is 10.1 Å². The van der Waals surface area contributed by atoms with Crippen LogP contribution >= 0.6 is 0 Å². The van der Waals surface area contributed by atoms with E-state index in [2.05, 4.69) is 38.7 Å². The molecule has 2 heteroatoms. The highest BCUT2D eigenvalue weighted by molar-refractivity contribution is 5.33. The maximum Gasteiger partial charge on any atom is 0.124 e. The Hall–Kier alpha value is -1.28. The van der Waals surface area contributed by atoms with Crippen molar-refractivity contribution in [2.24, 2.45) is 5.41 Å². The molecule has 0 fully saturated rings. The van der Waals surface area contributed by atoms with E-state index in [4.69, 9.17) is 4.74 Å². The molecule has 18 heavy (non-hydrogen) atoms. The Labute approximate surface area is 111 Å². The molecule has 0 spiro atoms. The van der Waals surface area contributed by atoms with Crippen molar-refractivity contribution in [2.75, 3.05) is 13.2 Å². The molecule has 0 aliphatic heterocycles. The topological polar surface area (TPSA) is 21.3 Å². The predicted octanol–water partition coefficient (Wildman–Crippen LogP) is 3.78. The molecule has 0 aliphatic carbocycles. The SMILES string of the molecule is C=CCOc1ccccc1CNCCC(C)(C)C. The molecule has 2 nitrogen and oxygen atoms in total. The van der Waals surface area contributed by atoms with Gasteiger partial charge in [0.25, 0.3) is 0 Å². The van der Waals surface area contributed by atoms with Crippen LogP contribution in [0.3, 0.4) is 0 Å². The molecule has 0 bridgehead atoms. The van der Waals surface area contributed by atoms with Crippen LogP contribution in [-0.2, 0) is 6.54 Å². The van der Waals surface area contributed by atoms with Gasteiger partial charge in [0.15, 0.2) is 0 Å². The molecule has 0 amide bonds. The van der Waals surface area contributed by atoms with Crippen molar-refractivity contribution in [2.45, 2.75) is 33.7 Å². The largest absolute Gasteiger partial charge is 0.489 e. The van der Waals surface area contributed by atoms with Crippen LogP contribution in [0.4, 0.5) is 0 Å². The van der Waals surface area contributed by atoms with E-state index >= 15 is 0 Å². The Morgan fingerprint density at radius 3 is 2.67 bits per heavy atom. The molecule has 1 rings (SSSR count). The second kappa shape index (κ2) is 7.22. The maximum absolute atomic E-state index is 5.63. The first-order valence-corrected chi connectivity index (χ1v) is 6.55. The monoisotopic (exact) mass is 247 g/mol. The first kappa shape index (κ1) is 14.8. The molecule has 0 unspecified atom stereocenters. The molecular weight excluding hydrogens is 222 g/mol. The Bertz CT molecular complexity index is 366. The van der Waals surface area contributed by atoms with Gasteiger partial charge in [-0.2, -0.15) is 0 Å². The second-order valence-corrected chi connectivity index (χ2v) is 5.69. The molecular formula is C16H25NO. The normalized spacial score (nSPS) is 11.3. The standard InChI is InChI=1S/C16H25NO/c1-5-12-18-15-9-7-6-8-14(15)13-17-11-10-16(2,3)4/h5-9,17H,1,10-13H2,2-4H3. The molecule has 0 radical (unpaired) electrons. The zero-order chi connectivity index (χ0) is 13.4. The molecule has 1 aromatic rings. The summed E-state index contributed by atoms with van der Waals surface area (Å²) >= 11 is 0. The molecule has 0 heterocycles. The fraction of sp³-hybridized carbons (Fsp3) is 0.500. The lowest BCUT2D eigenvalue weighted by atomic mass is 9.92. The average Bonchev–Trinajstić information content (AvgIpc) is 2.32. The number of rotatable bonds is 7. The summed E-state index contributed by atoms with van der Waals surface area (Å²) in [4.78, 5) is 0. The van der Waals surface area contributed by atoms with Crippen molar-refractivity contribution in [3.05, 3.63) is 42.5 Å². The summed E-state index contributed by atoms with van der Waals surface area (Å²) in [5, 5.41) is 3.47. The smallest absolute Gasteiger partial charge is 0.124 e. The van der Waals surface area contributed by atoms with Crippen molar-refractivity contribution in [1.82, 2.24) is 5.32 Å². The number of hydrogen-bond donors (Lipinski definition) is 1. The lowest BCUT2D eigenvalue weighted by molar-refractivity contribution is 0.352. The van der Waals surface area contributed by atoms with Gasteiger partial charge in [0, 0.05) is 12.1 Å². The highest BCUT2D eigenvalue weighted by Gasteiger charge is 2.09. The third-order valence-corrected chi connectivity index (χ3v) is 2.70. The van der Waals surface area contributed by atoms with Crippen LogP contribution in [0.25, 0.3) is 0 Å². The summed E-state index contributed by atoms with van der Waals surface area (Å²) in [6.07, 6.45) is 2.94. The van der Waals surface area contributed by atoms with E-state index in [1.165, 1.54) is 12.0 Å². The van der Waals surface area contributed by atoms with Crippen LogP contribution in [0.2, 0.25) is 0 Å². The molecule has 0 aromatic heterocycles. The molecule has 0 aliphatic rings. The van der Waals surface area contributed by atoms with Gasteiger partial charge in [0.05, 0.1) is 0 Å². The summed E-state index contributed by atoms with van der Waals surface area (Å²) in [6.45, 7) is 12.9. The molecule has 1 aromatic carbocycles. The minimum absolute atomic E-state index is 0.381. The maximum atomic E-state index is 5.63. The molecule has 0 atom stereocenters. The van der Waals surface area contributed by atoms with Crippen LogP contribution in [0.1, 0.15) is 32.8 Å². The highest BCUT2D eigenvalue weighted by atomic mass is 16.5. The van der Waals surface area contributed by atoms with Crippen LogP contribution in [-0.4, -0.2) is 13.2 Å². The fourth-order valence-electron chi connectivity index (χ4n) is 1.63. The lowest BCUT2D eigenvalue weighted by Gasteiger charge is -2.18. The van der Waals surface area contributed by atoms with E-state index in [1.807, 2.05) is 18.2 Å². The van der Waals surface area contributed by atoms with Crippen LogP contribution < -0.4 is 10.1 Å². The Morgan fingerprint density at radius 1 is 1.28 bits per heavy atom. The molecule has 100 valence electrons. The Morgan fingerprint density at radius 2 is 2.00 bits per heavy atom. The predicted molar refractivity (Wildman–Crippen MR) is 77.9 cm³/mol. The zero-order valence-electron chi connectivity index (χ0n) is 11.8. The molecule has 0 saturated carbocycles. The third kappa shape index (κ3) is 5.87. The summed E-state index contributed by atoms with van der Waals surface area (Å²) in [5.41, 5.74) is 1.58. The number of benzene rings is 1. The van der Waals surface area contributed by atoms with Crippen molar-refractivity contribution >= 4 is 0 Å². The van der Waals surface area contributed by atoms with Gasteiger partial charge in [-0.05, 0) is 24.4 Å². The van der Waals surface area contributed by atoms with E-state index in [1.54, 1.807) is 6.08 Å². The van der Waals surface area contributed by atoms with E-state index in [0.717, 1.165) is 18.8 Å². The lowest BCUT2D eigenvalue weighted by Crippen LogP contribution is -2.20. The van der Waals surface area contributed by atoms with Gasteiger partial charge in [-0.15, -0.1) is 0 Å². The highest BCUT2D eigenvalue weighted by Crippen LogP contribution is 2.19. The number of nitrogens with one attached hydrogen (secondary N) is 1. The molecule has 0 saturated heterocycles. The van der Waals surface area contributed by atoms with E-state index in [-0.39, 0.29) is 0 Å². The summed E-state index contributed by atoms with van der Waals surface area (Å²) in [6, 6.07) is 8.14. The zero-order valence-corrected chi connectivity index (χ0v) is 11.8. The first-order chi connectivity index (χ1) is 8.53. The van der Waals surface area contributed by atoms with Crippen molar-refractivity contribution < 1.29 is 4.74 Å². The summed E-state index contributed by atoms with van der Waals surface area (Å²) < 4.78 is 5.63.